The lowest BCUT2D eigenvalue weighted by Crippen LogP contribution is -2.30. The largest absolute Gasteiger partial charge is 0.338 e. The van der Waals surface area contributed by atoms with E-state index in [4.69, 9.17) is 0 Å². The number of benzene rings is 2. The Labute approximate surface area is 114 Å². The number of hydrogen-bond donors (Lipinski definition) is 0. The van der Waals surface area contributed by atoms with Gasteiger partial charge in [-0.3, -0.25) is 4.79 Å². The lowest BCUT2D eigenvalue weighted by Gasteiger charge is -2.20. The minimum absolute atomic E-state index is 0.163. The standard InChI is InChI=1S/C17H19NO/c1-17(2)9-10-18(12-17)16(19)15-8-7-13-5-3-4-6-14(13)11-15/h3-8,11H,9-10,12H2,1-2H3. The van der Waals surface area contributed by atoms with Crippen LogP contribution in [-0.2, 0) is 0 Å². The van der Waals surface area contributed by atoms with Crippen LogP contribution < -0.4 is 0 Å². The highest BCUT2D eigenvalue weighted by Crippen LogP contribution is 2.30. The van der Waals surface area contributed by atoms with Gasteiger partial charge in [0, 0.05) is 18.7 Å². The molecule has 2 heteroatoms. The molecule has 0 aliphatic carbocycles. The van der Waals surface area contributed by atoms with Crippen LogP contribution in [-0.4, -0.2) is 23.9 Å². The normalized spacial score (nSPS) is 17.9. The van der Waals surface area contributed by atoms with Gasteiger partial charge in [-0.25, -0.2) is 0 Å². The van der Waals surface area contributed by atoms with Gasteiger partial charge in [-0.2, -0.15) is 0 Å². The minimum Gasteiger partial charge on any atom is -0.338 e. The predicted molar refractivity (Wildman–Crippen MR) is 78.2 cm³/mol. The van der Waals surface area contributed by atoms with E-state index in [-0.39, 0.29) is 11.3 Å². The van der Waals surface area contributed by atoms with Crippen molar-refractivity contribution in [1.82, 2.24) is 4.90 Å². The van der Waals surface area contributed by atoms with Crippen molar-refractivity contribution in [2.24, 2.45) is 5.41 Å². The van der Waals surface area contributed by atoms with E-state index in [1.54, 1.807) is 0 Å². The second-order valence-electron chi connectivity index (χ2n) is 6.20. The number of hydrogen-bond acceptors (Lipinski definition) is 1. The Morgan fingerprint density at radius 3 is 2.53 bits per heavy atom. The van der Waals surface area contributed by atoms with Crippen molar-refractivity contribution >= 4 is 16.7 Å². The summed E-state index contributed by atoms with van der Waals surface area (Å²) in [6.45, 7) is 6.18. The van der Waals surface area contributed by atoms with E-state index in [1.165, 1.54) is 5.39 Å². The number of likely N-dealkylation sites (tertiary alicyclic amines) is 1. The molecular weight excluding hydrogens is 234 g/mol. The van der Waals surface area contributed by atoms with Gasteiger partial charge in [-0.05, 0) is 34.7 Å². The molecule has 2 aromatic carbocycles. The fraction of sp³-hybridized carbons (Fsp3) is 0.353. The van der Waals surface area contributed by atoms with Crippen molar-refractivity contribution in [3.05, 3.63) is 48.0 Å². The van der Waals surface area contributed by atoms with Crippen LogP contribution in [0.25, 0.3) is 10.8 Å². The summed E-state index contributed by atoms with van der Waals surface area (Å²) in [5, 5.41) is 2.31. The Morgan fingerprint density at radius 1 is 1.11 bits per heavy atom. The first kappa shape index (κ1) is 12.2. The summed E-state index contributed by atoms with van der Waals surface area (Å²) in [5.74, 6) is 0.163. The molecule has 0 bridgehead atoms. The van der Waals surface area contributed by atoms with Gasteiger partial charge in [-0.1, -0.05) is 44.2 Å². The van der Waals surface area contributed by atoms with Gasteiger partial charge in [0.25, 0.3) is 5.91 Å². The zero-order chi connectivity index (χ0) is 13.5. The van der Waals surface area contributed by atoms with Crippen LogP contribution in [0.15, 0.2) is 42.5 Å². The molecule has 1 saturated heterocycles. The van der Waals surface area contributed by atoms with E-state index in [0.29, 0.717) is 0 Å². The Kier molecular flexibility index (Phi) is 2.81. The lowest BCUT2D eigenvalue weighted by molar-refractivity contribution is 0.0778. The van der Waals surface area contributed by atoms with Crippen molar-refractivity contribution < 1.29 is 4.79 Å². The molecule has 98 valence electrons. The van der Waals surface area contributed by atoms with Crippen LogP contribution in [0.3, 0.4) is 0 Å². The van der Waals surface area contributed by atoms with Crippen LogP contribution in [0.4, 0.5) is 0 Å². The summed E-state index contributed by atoms with van der Waals surface area (Å²) in [7, 11) is 0. The first-order chi connectivity index (χ1) is 9.05. The van der Waals surface area contributed by atoms with E-state index >= 15 is 0 Å². The van der Waals surface area contributed by atoms with Gasteiger partial charge < -0.3 is 4.90 Å². The highest BCUT2D eigenvalue weighted by molar-refractivity contribution is 5.98. The highest BCUT2D eigenvalue weighted by Gasteiger charge is 2.32. The molecule has 1 aliphatic heterocycles. The summed E-state index contributed by atoms with van der Waals surface area (Å²) >= 11 is 0. The van der Waals surface area contributed by atoms with Gasteiger partial charge in [-0.15, -0.1) is 0 Å². The monoisotopic (exact) mass is 253 g/mol. The van der Waals surface area contributed by atoms with E-state index in [2.05, 4.69) is 26.0 Å². The highest BCUT2D eigenvalue weighted by atomic mass is 16.2. The van der Waals surface area contributed by atoms with Crippen molar-refractivity contribution in [3.63, 3.8) is 0 Å². The minimum atomic E-state index is 0.163. The maximum Gasteiger partial charge on any atom is 0.253 e. The molecule has 1 amide bonds. The summed E-state index contributed by atoms with van der Waals surface area (Å²) in [6.07, 6.45) is 1.09. The quantitative estimate of drug-likeness (QED) is 0.758. The fourth-order valence-electron chi connectivity index (χ4n) is 2.79. The number of amides is 1. The first-order valence-electron chi connectivity index (χ1n) is 6.83. The third-order valence-electron chi connectivity index (χ3n) is 3.96. The molecular formula is C17H19NO. The summed E-state index contributed by atoms with van der Waals surface area (Å²) < 4.78 is 0. The van der Waals surface area contributed by atoms with E-state index in [1.807, 2.05) is 35.2 Å². The molecule has 2 nitrogen and oxygen atoms in total. The molecule has 0 radical (unpaired) electrons. The third-order valence-corrected chi connectivity index (χ3v) is 3.96. The topological polar surface area (TPSA) is 20.3 Å². The molecule has 0 unspecified atom stereocenters. The third kappa shape index (κ3) is 2.35. The van der Waals surface area contributed by atoms with E-state index < -0.39 is 0 Å². The van der Waals surface area contributed by atoms with Crippen LogP contribution in [0.5, 0.6) is 0 Å². The molecule has 0 N–H and O–H groups in total. The van der Waals surface area contributed by atoms with Crippen LogP contribution in [0.2, 0.25) is 0 Å². The summed E-state index contributed by atoms with van der Waals surface area (Å²) in [6, 6.07) is 14.1. The second kappa shape index (κ2) is 4.37. The molecule has 1 aliphatic rings. The number of nitrogens with zero attached hydrogens (tertiary/aromatic N) is 1. The SMILES string of the molecule is CC1(C)CCN(C(=O)c2ccc3ccccc3c2)C1. The molecule has 19 heavy (non-hydrogen) atoms. The molecule has 0 spiro atoms. The zero-order valence-corrected chi connectivity index (χ0v) is 11.5. The molecule has 0 saturated carbocycles. The van der Waals surface area contributed by atoms with Gasteiger partial charge in [0.1, 0.15) is 0 Å². The zero-order valence-electron chi connectivity index (χ0n) is 11.5. The number of carbonyl (C=O) groups is 1. The van der Waals surface area contributed by atoms with Gasteiger partial charge in [0.05, 0.1) is 0 Å². The van der Waals surface area contributed by atoms with E-state index in [9.17, 15) is 4.79 Å². The fourth-order valence-corrected chi connectivity index (χ4v) is 2.79. The van der Waals surface area contributed by atoms with Gasteiger partial charge >= 0.3 is 0 Å². The Morgan fingerprint density at radius 2 is 1.84 bits per heavy atom. The maximum atomic E-state index is 12.5. The molecule has 3 rings (SSSR count). The maximum absolute atomic E-state index is 12.5. The summed E-state index contributed by atoms with van der Waals surface area (Å²) in [5.41, 5.74) is 1.06. The first-order valence-corrected chi connectivity index (χ1v) is 6.83. The van der Waals surface area contributed by atoms with Crippen LogP contribution in [0.1, 0.15) is 30.6 Å². The molecule has 2 aromatic rings. The number of carbonyl (C=O) groups excluding carboxylic acids is 1. The van der Waals surface area contributed by atoms with Crippen LogP contribution >= 0.6 is 0 Å². The average molecular weight is 253 g/mol. The Hall–Kier alpha value is -1.83. The smallest absolute Gasteiger partial charge is 0.253 e. The molecule has 1 fully saturated rings. The van der Waals surface area contributed by atoms with Crippen molar-refractivity contribution in [3.8, 4) is 0 Å². The van der Waals surface area contributed by atoms with Crippen molar-refractivity contribution in [2.75, 3.05) is 13.1 Å². The second-order valence-corrected chi connectivity index (χ2v) is 6.20. The number of fused-ring (bicyclic) bond motifs is 1. The van der Waals surface area contributed by atoms with Gasteiger partial charge in [0.2, 0.25) is 0 Å². The van der Waals surface area contributed by atoms with Crippen molar-refractivity contribution in [1.29, 1.82) is 0 Å². The van der Waals surface area contributed by atoms with Crippen molar-refractivity contribution in [2.45, 2.75) is 20.3 Å². The van der Waals surface area contributed by atoms with Gasteiger partial charge in [0.15, 0.2) is 0 Å². The lowest BCUT2D eigenvalue weighted by atomic mass is 9.93. The molecule has 0 aromatic heterocycles. The van der Waals surface area contributed by atoms with E-state index in [0.717, 1.165) is 30.5 Å². The summed E-state index contributed by atoms with van der Waals surface area (Å²) in [4.78, 5) is 14.5. The Balaban J connectivity index is 1.90. The predicted octanol–water partition coefficient (Wildman–Crippen LogP) is 3.71. The Bertz CT molecular complexity index is 630. The van der Waals surface area contributed by atoms with Crippen LogP contribution in [0, 0.1) is 5.41 Å². The average Bonchev–Trinajstić information content (AvgIpc) is 2.78. The molecule has 0 atom stereocenters. The molecule has 1 heterocycles. The number of rotatable bonds is 1.